The van der Waals surface area contributed by atoms with Crippen molar-refractivity contribution < 1.29 is 22.8 Å². The highest BCUT2D eigenvalue weighted by atomic mass is 19.4. The normalized spacial score (nSPS) is 11.6. The molecule has 0 unspecified atom stereocenters. The van der Waals surface area contributed by atoms with Crippen LogP contribution in [0, 0.1) is 6.92 Å². The third kappa shape index (κ3) is 6.29. The van der Waals surface area contributed by atoms with Crippen LogP contribution < -0.4 is 5.32 Å². The Labute approximate surface area is 174 Å². The zero-order valence-corrected chi connectivity index (χ0v) is 16.3. The molecule has 0 saturated carbocycles. The SMILES string of the molecule is Cc1cc(-c2ncn(/C=C\C(=O)NCC(=O)Cc3cnccn3)n2)cc(C(F)(F)F)c1. The van der Waals surface area contributed by atoms with Gasteiger partial charge in [-0.3, -0.25) is 19.6 Å². The molecule has 0 aliphatic rings. The monoisotopic (exact) mass is 430 g/mol. The van der Waals surface area contributed by atoms with Crippen molar-refractivity contribution in [1.29, 1.82) is 0 Å². The molecule has 0 bridgehead atoms. The Morgan fingerprint density at radius 2 is 1.97 bits per heavy atom. The van der Waals surface area contributed by atoms with E-state index >= 15 is 0 Å². The predicted octanol–water partition coefficient (Wildman–Crippen LogP) is 2.46. The smallest absolute Gasteiger partial charge is 0.345 e. The number of halogens is 3. The zero-order chi connectivity index (χ0) is 22.4. The van der Waals surface area contributed by atoms with Crippen LogP contribution in [0.5, 0.6) is 0 Å². The van der Waals surface area contributed by atoms with E-state index < -0.39 is 17.6 Å². The summed E-state index contributed by atoms with van der Waals surface area (Å²) in [5.74, 6) is -0.705. The second kappa shape index (κ2) is 9.28. The van der Waals surface area contributed by atoms with E-state index in [4.69, 9.17) is 0 Å². The van der Waals surface area contributed by atoms with E-state index in [0.29, 0.717) is 11.3 Å². The van der Waals surface area contributed by atoms with Crippen LogP contribution in [-0.2, 0) is 22.2 Å². The van der Waals surface area contributed by atoms with E-state index in [1.165, 1.54) is 41.9 Å². The first kappa shape index (κ1) is 21.8. The molecule has 0 aliphatic carbocycles. The molecule has 2 aromatic heterocycles. The summed E-state index contributed by atoms with van der Waals surface area (Å²) >= 11 is 0. The molecule has 31 heavy (non-hydrogen) atoms. The van der Waals surface area contributed by atoms with Crippen LogP contribution in [-0.4, -0.2) is 43.0 Å². The number of nitrogens with zero attached hydrogens (tertiary/aromatic N) is 5. The van der Waals surface area contributed by atoms with Gasteiger partial charge in [-0.15, -0.1) is 5.10 Å². The Kier molecular flexibility index (Phi) is 6.53. The third-order valence-electron chi connectivity index (χ3n) is 4.00. The quantitative estimate of drug-likeness (QED) is 0.578. The van der Waals surface area contributed by atoms with Gasteiger partial charge in [-0.1, -0.05) is 0 Å². The number of Topliss-reactive ketones (excluding diaryl/α,β-unsaturated/α-hetero) is 1. The Morgan fingerprint density at radius 1 is 1.16 bits per heavy atom. The number of ketones is 1. The lowest BCUT2D eigenvalue weighted by molar-refractivity contribution is -0.137. The van der Waals surface area contributed by atoms with Crippen LogP contribution in [0.15, 0.2) is 49.2 Å². The fourth-order valence-corrected chi connectivity index (χ4v) is 2.63. The number of nitrogens with one attached hydrogen (secondary N) is 1. The van der Waals surface area contributed by atoms with Gasteiger partial charge in [0, 0.05) is 36.4 Å². The molecule has 0 aliphatic heterocycles. The van der Waals surface area contributed by atoms with Gasteiger partial charge in [0.05, 0.1) is 24.2 Å². The number of hydrogen-bond donors (Lipinski definition) is 1. The molecule has 2 heterocycles. The van der Waals surface area contributed by atoms with E-state index in [9.17, 15) is 22.8 Å². The minimum Gasteiger partial charge on any atom is -0.345 e. The number of carbonyl (C=O) groups is 2. The summed E-state index contributed by atoms with van der Waals surface area (Å²) in [6, 6.07) is 3.54. The van der Waals surface area contributed by atoms with Crippen molar-refractivity contribution in [1.82, 2.24) is 30.0 Å². The van der Waals surface area contributed by atoms with Gasteiger partial charge in [-0.2, -0.15) is 13.2 Å². The maximum absolute atomic E-state index is 13.0. The van der Waals surface area contributed by atoms with Crippen molar-refractivity contribution in [3.05, 3.63) is 66.0 Å². The zero-order valence-electron chi connectivity index (χ0n) is 16.3. The standard InChI is InChI=1S/C20H17F3N6O2/c1-13-6-14(8-15(7-13)20(21,22)23)19-27-12-29(28-19)5-2-18(31)26-11-17(30)9-16-10-24-3-4-25-16/h2-8,10,12H,9,11H2,1H3,(H,26,31)/b5-2-. The van der Waals surface area contributed by atoms with Crippen molar-refractivity contribution >= 4 is 17.9 Å². The van der Waals surface area contributed by atoms with Crippen LogP contribution in [0.25, 0.3) is 17.6 Å². The fourth-order valence-electron chi connectivity index (χ4n) is 2.63. The Balaban J connectivity index is 1.59. The first-order valence-corrected chi connectivity index (χ1v) is 9.04. The number of rotatable bonds is 7. The third-order valence-corrected chi connectivity index (χ3v) is 4.00. The van der Waals surface area contributed by atoms with Gasteiger partial charge in [-0.05, 0) is 30.7 Å². The lowest BCUT2D eigenvalue weighted by Gasteiger charge is -2.09. The van der Waals surface area contributed by atoms with Crippen LogP contribution in [0.3, 0.4) is 0 Å². The highest BCUT2D eigenvalue weighted by molar-refractivity contribution is 5.93. The summed E-state index contributed by atoms with van der Waals surface area (Å²) in [6.07, 6.45) is 3.65. The van der Waals surface area contributed by atoms with E-state index in [-0.39, 0.29) is 30.1 Å². The average molecular weight is 430 g/mol. The molecule has 3 aromatic rings. The minimum atomic E-state index is -4.48. The number of aryl methyl sites for hydroxylation is 1. The molecular weight excluding hydrogens is 413 g/mol. The molecule has 0 fully saturated rings. The Hall–Kier alpha value is -3.89. The van der Waals surface area contributed by atoms with Crippen LogP contribution in [0.1, 0.15) is 16.8 Å². The van der Waals surface area contributed by atoms with Gasteiger partial charge in [0.1, 0.15) is 6.33 Å². The molecule has 1 amide bonds. The van der Waals surface area contributed by atoms with Crippen molar-refractivity contribution in [3.63, 3.8) is 0 Å². The molecular formula is C20H17F3N6O2. The molecule has 0 saturated heterocycles. The molecule has 3 rings (SSSR count). The van der Waals surface area contributed by atoms with Crippen molar-refractivity contribution in [3.8, 4) is 11.4 Å². The fraction of sp³-hybridized carbons (Fsp3) is 0.200. The van der Waals surface area contributed by atoms with Crippen LogP contribution >= 0.6 is 0 Å². The molecule has 1 N–H and O–H groups in total. The number of hydrogen-bond acceptors (Lipinski definition) is 6. The summed E-state index contributed by atoms with van der Waals surface area (Å²) in [5.41, 5.74) is 0.331. The molecule has 1 aromatic carbocycles. The largest absolute Gasteiger partial charge is 0.416 e. The summed E-state index contributed by atoms with van der Waals surface area (Å²) in [6.45, 7) is 1.36. The first-order valence-electron chi connectivity index (χ1n) is 9.04. The molecule has 8 nitrogen and oxygen atoms in total. The van der Waals surface area contributed by atoms with Gasteiger partial charge in [-0.25, -0.2) is 9.67 Å². The molecule has 0 spiro atoms. The lowest BCUT2D eigenvalue weighted by atomic mass is 10.1. The van der Waals surface area contributed by atoms with Gasteiger partial charge < -0.3 is 5.32 Å². The van der Waals surface area contributed by atoms with E-state index in [1.54, 1.807) is 6.92 Å². The second-order valence-corrected chi connectivity index (χ2v) is 6.58. The van der Waals surface area contributed by atoms with Gasteiger partial charge in [0.25, 0.3) is 0 Å². The highest BCUT2D eigenvalue weighted by Crippen LogP contribution is 2.32. The van der Waals surface area contributed by atoms with Gasteiger partial charge >= 0.3 is 6.18 Å². The summed E-state index contributed by atoms with van der Waals surface area (Å²) in [5, 5.41) is 6.49. The minimum absolute atomic E-state index is 0.0423. The van der Waals surface area contributed by atoms with Crippen LogP contribution in [0.4, 0.5) is 13.2 Å². The van der Waals surface area contributed by atoms with Crippen molar-refractivity contribution in [2.75, 3.05) is 6.54 Å². The number of alkyl halides is 3. The summed E-state index contributed by atoms with van der Waals surface area (Å²) in [4.78, 5) is 35.6. The van der Waals surface area contributed by atoms with Crippen molar-refractivity contribution in [2.24, 2.45) is 0 Å². The maximum Gasteiger partial charge on any atom is 0.416 e. The summed E-state index contributed by atoms with van der Waals surface area (Å²) < 4.78 is 40.2. The number of amides is 1. The maximum atomic E-state index is 13.0. The van der Waals surface area contributed by atoms with E-state index in [0.717, 1.165) is 18.2 Å². The molecule has 160 valence electrons. The number of carbonyl (C=O) groups excluding carboxylic acids is 2. The van der Waals surface area contributed by atoms with Crippen LogP contribution in [0.2, 0.25) is 0 Å². The van der Waals surface area contributed by atoms with E-state index in [2.05, 4.69) is 25.4 Å². The average Bonchev–Trinajstić information content (AvgIpc) is 3.19. The second-order valence-electron chi connectivity index (χ2n) is 6.58. The first-order chi connectivity index (χ1) is 14.7. The number of benzene rings is 1. The summed E-state index contributed by atoms with van der Waals surface area (Å²) in [7, 11) is 0. The topological polar surface area (TPSA) is 103 Å². The Bertz CT molecular complexity index is 1110. The lowest BCUT2D eigenvalue weighted by Crippen LogP contribution is -2.29. The Morgan fingerprint density at radius 3 is 2.68 bits per heavy atom. The van der Waals surface area contributed by atoms with Crippen molar-refractivity contribution in [2.45, 2.75) is 19.5 Å². The van der Waals surface area contributed by atoms with Gasteiger partial charge in [0.15, 0.2) is 11.6 Å². The molecule has 0 radical (unpaired) electrons. The van der Waals surface area contributed by atoms with E-state index in [1.807, 2.05) is 0 Å². The molecule has 11 heteroatoms. The predicted molar refractivity (Wildman–Crippen MR) is 104 cm³/mol. The number of aromatic nitrogens is 5. The van der Waals surface area contributed by atoms with Gasteiger partial charge in [0.2, 0.25) is 5.91 Å². The molecule has 0 atom stereocenters. The highest BCUT2D eigenvalue weighted by Gasteiger charge is 2.31.